The number of fused-ring (bicyclic) bond motifs is 3. The van der Waals surface area contributed by atoms with Crippen LogP contribution in [0.5, 0.6) is 0 Å². The highest BCUT2D eigenvalue weighted by Crippen LogP contribution is 2.35. The number of amides is 1. The third-order valence-electron chi connectivity index (χ3n) is 5.06. The number of thiophene rings is 1. The van der Waals surface area contributed by atoms with Crippen LogP contribution in [0.15, 0.2) is 9.95 Å². The van der Waals surface area contributed by atoms with Crippen LogP contribution < -0.4 is 10.9 Å². The van der Waals surface area contributed by atoms with E-state index in [2.05, 4.69) is 31.1 Å². The molecule has 0 radical (unpaired) electrons. The van der Waals surface area contributed by atoms with E-state index in [1.54, 1.807) is 23.0 Å². The van der Waals surface area contributed by atoms with Crippen LogP contribution in [0, 0.1) is 5.92 Å². The Morgan fingerprint density at radius 3 is 2.81 bits per heavy atom. The van der Waals surface area contributed by atoms with Crippen LogP contribution in [-0.4, -0.2) is 27.3 Å². The lowest BCUT2D eigenvalue weighted by molar-refractivity contribution is -0.119. The van der Waals surface area contributed by atoms with Gasteiger partial charge in [-0.15, -0.1) is 11.3 Å². The first-order valence-electron chi connectivity index (χ1n) is 9.80. The number of thioether (sulfide) groups is 1. The molecule has 0 aromatic carbocycles. The minimum atomic E-state index is 0.0000619. The standard InChI is InChI=1S/C20H29N3O2S2/c1-12(2)7-5-8-13(3)21-16(24)11-26-20-22-18-17(19(25)23(20)4)14-9-6-10-15(14)27-18/h12-13H,5-11H2,1-4H3,(H,21,24)/t13-/m1/s1. The Morgan fingerprint density at radius 2 is 2.07 bits per heavy atom. The number of carbonyl (C=O) groups is 1. The van der Waals surface area contributed by atoms with Crippen LogP contribution >= 0.6 is 23.1 Å². The van der Waals surface area contributed by atoms with Crippen LogP contribution in [0.3, 0.4) is 0 Å². The second-order valence-corrected chi connectivity index (χ2v) is 9.90. The van der Waals surface area contributed by atoms with Crippen molar-refractivity contribution in [2.24, 2.45) is 13.0 Å². The summed E-state index contributed by atoms with van der Waals surface area (Å²) < 4.78 is 1.59. The first kappa shape index (κ1) is 20.4. The summed E-state index contributed by atoms with van der Waals surface area (Å²) in [6.07, 6.45) is 6.48. The predicted octanol–water partition coefficient (Wildman–Crippen LogP) is 3.91. The summed E-state index contributed by atoms with van der Waals surface area (Å²) in [5, 5.41) is 4.47. The molecule has 0 fully saturated rings. The van der Waals surface area contributed by atoms with Crippen LogP contribution in [0.4, 0.5) is 0 Å². The van der Waals surface area contributed by atoms with Gasteiger partial charge in [0.25, 0.3) is 5.56 Å². The third-order valence-corrected chi connectivity index (χ3v) is 7.28. The monoisotopic (exact) mass is 407 g/mol. The van der Waals surface area contributed by atoms with Crippen LogP contribution in [0.25, 0.3) is 10.2 Å². The molecule has 0 spiro atoms. The van der Waals surface area contributed by atoms with Crippen molar-refractivity contribution in [1.82, 2.24) is 14.9 Å². The van der Waals surface area contributed by atoms with Gasteiger partial charge in [0.15, 0.2) is 5.16 Å². The Hall–Kier alpha value is -1.34. The predicted molar refractivity (Wildman–Crippen MR) is 114 cm³/mol. The van der Waals surface area contributed by atoms with Gasteiger partial charge < -0.3 is 5.32 Å². The topological polar surface area (TPSA) is 64.0 Å². The Kier molecular flexibility index (Phi) is 6.63. The van der Waals surface area contributed by atoms with Gasteiger partial charge in [0.05, 0.1) is 11.1 Å². The number of hydrogen-bond donors (Lipinski definition) is 1. The summed E-state index contributed by atoms with van der Waals surface area (Å²) in [6, 6.07) is 0.177. The molecule has 2 aromatic heterocycles. The highest BCUT2D eigenvalue weighted by Gasteiger charge is 2.22. The van der Waals surface area contributed by atoms with E-state index < -0.39 is 0 Å². The van der Waals surface area contributed by atoms with E-state index in [1.165, 1.54) is 28.6 Å². The van der Waals surface area contributed by atoms with Gasteiger partial charge in [0, 0.05) is 18.0 Å². The Bertz CT molecular complexity index is 885. The molecule has 7 heteroatoms. The molecule has 3 rings (SSSR count). The average Bonchev–Trinajstić information content (AvgIpc) is 3.17. The van der Waals surface area contributed by atoms with Gasteiger partial charge in [-0.1, -0.05) is 38.5 Å². The summed E-state index contributed by atoms with van der Waals surface area (Å²) in [4.78, 5) is 31.9. The SMILES string of the molecule is CC(C)CCC[C@@H](C)NC(=O)CSc1nc2sc3c(c2c(=O)n1C)CCC3. The van der Waals surface area contributed by atoms with Gasteiger partial charge in [0.1, 0.15) is 4.83 Å². The second-order valence-electron chi connectivity index (χ2n) is 7.88. The van der Waals surface area contributed by atoms with Crippen LogP contribution in [0.1, 0.15) is 56.9 Å². The van der Waals surface area contributed by atoms with Gasteiger partial charge in [-0.25, -0.2) is 4.98 Å². The Labute approximate surface area is 169 Å². The first-order valence-corrected chi connectivity index (χ1v) is 11.6. The number of nitrogens with zero attached hydrogens (tertiary/aromatic N) is 2. The molecule has 0 unspecified atom stereocenters. The van der Waals surface area contributed by atoms with Crippen LogP contribution in [-0.2, 0) is 24.7 Å². The van der Waals surface area contributed by atoms with E-state index in [0.29, 0.717) is 11.1 Å². The minimum absolute atomic E-state index is 0.0000619. The molecule has 0 aliphatic heterocycles. The summed E-state index contributed by atoms with van der Waals surface area (Å²) in [7, 11) is 1.75. The fraction of sp³-hybridized carbons (Fsp3) is 0.650. The normalized spacial score (nSPS) is 14.7. The van der Waals surface area contributed by atoms with Crippen molar-refractivity contribution in [3.05, 3.63) is 20.8 Å². The molecule has 1 aliphatic carbocycles. The molecule has 148 valence electrons. The molecule has 0 bridgehead atoms. The van der Waals surface area contributed by atoms with E-state index in [-0.39, 0.29) is 23.3 Å². The van der Waals surface area contributed by atoms with Crippen molar-refractivity contribution >= 4 is 39.2 Å². The molecule has 5 nitrogen and oxygen atoms in total. The van der Waals surface area contributed by atoms with E-state index in [1.807, 2.05) is 0 Å². The lowest BCUT2D eigenvalue weighted by Gasteiger charge is -2.14. The molecular weight excluding hydrogens is 378 g/mol. The molecule has 2 heterocycles. The van der Waals surface area contributed by atoms with Gasteiger partial charge in [-0.2, -0.15) is 0 Å². The average molecular weight is 408 g/mol. The molecule has 1 N–H and O–H groups in total. The maximum Gasteiger partial charge on any atom is 0.262 e. The van der Waals surface area contributed by atoms with E-state index in [4.69, 9.17) is 0 Å². The number of aromatic nitrogens is 2. The maximum atomic E-state index is 12.8. The second kappa shape index (κ2) is 8.78. The summed E-state index contributed by atoms with van der Waals surface area (Å²) in [5.41, 5.74) is 1.22. The number of hydrogen-bond acceptors (Lipinski definition) is 5. The Morgan fingerprint density at radius 1 is 1.30 bits per heavy atom. The molecule has 0 saturated heterocycles. The summed E-state index contributed by atoms with van der Waals surface area (Å²) >= 11 is 2.98. The van der Waals surface area contributed by atoms with Gasteiger partial charge >= 0.3 is 0 Å². The zero-order chi connectivity index (χ0) is 19.6. The maximum absolute atomic E-state index is 12.8. The molecular formula is C20H29N3O2S2. The molecule has 2 aromatic rings. The van der Waals surface area contributed by atoms with E-state index in [9.17, 15) is 9.59 Å². The minimum Gasteiger partial charge on any atom is -0.353 e. The quantitative estimate of drug-likeness (QED) is 0.532. The molecule has 0 saturated carbocycles. The number of rotatable bonds is 8. The molecule has 1 aliphatic rings. The first-order chi connectivity index (χ1) is 12.9. The van der Waals surface area contributed by atoms with Crippen LogP contribution in [0.2, 0.25) is 0 Å². The smallest absolute Gasteiger partial charge is 0.262 e. The van der Waals surface area contributed by atoms with E-state index in [0.717, 1.165) is 42.3 Å². The van der Waals surface area contributed by atoms with Crippen molar-refractivity contribution in [2.75, 3.05) is 5.75 Å². The molecule has 27 heavy (non-hydrogen) atoms. The fourth-order valence-corrected chi connectivity index (χ4v) is 5.67. The summed E-state index contributed by atoms with van der Waals surface area (Å²) in [6.45, 7) is 6.49. The highest BCUT2D eigenvalue weighted by molar-refractivity contribution is 7.99. The highest BCUT2D eigenvalue weighted by atomic mass is 32.2. The lowest BCUT2D eigenvalue weighted by Crippen LogP contribution is -2.34. The number of carbonyl (C=O) groups excluding carboxylic acids is 1. The van der Waals surface area contributed by atoms with Crippen molar-refractivity contribution in [3.63, 3.8) is 0 Å². The van der Waals surface area contributed by atoms with E-state index >= 15 is 0 Å². The molecule has 1 amide bonds. The van der Waals surface area contributed by atoms with Crippen molar-refractivity contribution in [1.29, 1.82) is 0 Å². The van der Waals surface area contributed by atoms with Gasteiger partial charge in [-0.05, 0) is 44.1 Å². The lowest BCUT2D eigenvalue weighted by atomic mass is 10.0. The zero-order valence-electron chi connectivity index (χ0n) is 16.6. The third kappa shape index (κ3) is 4.74. The number of aryl methyl sites for hydroxylation is 2. The summed E-state index contributed by atoms with van der Waals surface area (Å²) in [5.74, 6) is 0.982. The molecule has 1 atom stereocenters. The largest absolute Gasteiger partial charge is 0.353 e. The van der Waals surface area contributed by atoms with Gasteiger partial charge in [0.2, 0.25) is 5.91 Å². The van der Waals surface area contributed by atoms with Crippen molar-refractivity contribution in [3.8, 4) is 0 Å². The van der Waals surface area contributed by atoms with Crippen molar-refractivity contribution < 1.29 is 4.79 Å². The Balaban J connectivity index is 1.61. The number of nitrogens with one attached hydrogen (secondary N) is 1. The van der Waals surface area contributed by atoms with Crippen molar-refractivity contribution in [2.45, 2.75) is 70.5 Å². The van der Waals surface area contributed by atoms with Gasteiger partial charge in [-0.3, -0.25) is 14.2 Å². The fourth-order valence-electron chi connectivity index (χ4n) is 3.59. The zero-order valence-corrected chi connectivity index (χ0v) is 18.3.